The Morgan fingerprint density at radius 3 is 2.67 bits per heavy atom. The van der Waals surface area contributed by atoms with E-state index in [9.17, 15) is 14.3 Å². The maximum Gasteiger partial charge on any atom is 0.207 e. The number of phenolic OH excluding ortho intramolecular Hbond substituents is 1. The molecular weight excluding hydrogens is 201 g/mol. The zero-order chi connectivity index (χ0) is 11.6. The molecule has 5 heteroatoms. The molecule has 0 fully saturated rings. The van der Waals surface area contributed by atoms with Crippen molar-refractivity contribution in [2.45, 2.75) is 13.0 Å². The van der Waals surface area contributed by atoms with Crippen molar-refractivity contribution in [3.8, 4) is 11.5 Å². The van der Waals surface area contributed by atoms with Crippen LogP contribution < -0.4 is 10.5 Å². The molecule has 1 rings (SSSR count). The van der Waals surface area contributed by atoms with E-state index < -0.39 is 23.4 Å². The second-order valence-corrected chi connectivity index (χ2v) is 3.13. The lowest BCUT2D eigenvalue weighted by Gasteiger charge is -2.09. The van der Waals surface area contributed by atoms with Gasteiger partial charge in [-0.15, -0.1) is 0 Å². The standard InChI is InChI=1S/C10H12FNO3/c1-5(12)9(13)6-3-4-7(15-2)8(11)10(6)14/h3-5,14H,12H2,1-2H3. The highest BCUT2D eigenvalue weighted by Crippen LogP contribution is 2.29. The predicted molar refractivity (Wildman–Crippen MR) is 52.6 cm³/mol. The van der Waals surface area contributed by atoms with E-state index in [-0.39, 0.29) is 11.3 Å². The SMILES string of the molecule is COc1ccc(C(=O)C(C)N)c(O)c1F. The summed E-state index contributed by atoms with van der Waals surface area (Å²) in [4.78, 5) is 11.4. The van der Waals surface area contributed by atoms with Gasteiger partial charge in [-0.05, 0) is 19.1 Å². The van der Waals surface area contributed by atoms with Gasteiger partial charge in [-0.1, -0.05) is 0 Å². The first-order chi connectivity index (χ1) is 6.99. The Morgan fingerprint density at radius 1 is 1.60 bits per heavy atom. The van der Waals surface area contributed by atoms with Gasteiger partial charge < -0.3 is 15.6 Å². The largest absolute Gasteiger partial charge is 0.504 e. The van der Waals surface area contributed by atoms with Crippen molar-refractivity contribution in [1.29, 1.82) is 0 Å². The topological polar surface area (TPSA) is 72.5 Å². The van der Waals surface area contributed by atoms with Gasteiger partial charge in [0.05, 0.1) is 18.7 Å². The van der Waals surface area contributed by atoms with E-state index in [0.717, 1.165) is 0 Å². The van der Waals surface area contributed by atoms with Crippen LogP contribution in [0.4, 0.5) is 4.39 Å². The van der Waals surface area contributed by atoms with Gasteiger partial charge in [-0.25, -0.2) is 0 Å². The fraction of sp³-hybridized carbons (Fsp3) is 0.300. The summed E-state index contributed by atoms with van der Waals surface area (Å²) in [6.07, 6.45) is 0. The first-order valence-corrected chi connectivity index (χ1v) is 4.34. The molecule has 1 aromatic rings. The molecule has 0 aliphatic rings. The van der Waals surface area contributed by atoms with Crippen LogP contribution in [0.5, 0.6) is 11.5 Å². The highest BCUT2D eigenvalue weighted by Gasteiger charge is 2.20. The van der Waals surface area contributed by atoms with Gasteiger partial charge in [0.1, 0.15) is 0 Å². The lowest BCUT2D eigenvalue weighted by atomic mass is 10.0. The number of halogens is 1. The summed E-state index contributed by atoms with van der Waals surface area (Å²) < 4.78 is 18.0. The number of ketones is 1. The van der Waals surface area contributed by atoms with Gasteiger partial charge in [0, 0.05) is 0 Å². The fourth-order valence-electron chi connectivity index (χ4n) is 1.15. The van der Waals surface area contributed by atoms with E-state index in [4.69, 9.17) is 5.73 Å². The quantitative estimate of drug-likeness (QED) is 0.736. The van der Waals surface area contributed by atoms with Crippen LogP contribution in [0.1, 0.15) is 17.3 Å². The Labute approximate surface area is 86.5 Å². The maximum atomic E-state index is 13.3. The monoisotopic (exact) mass is 213 g/mol. The third-order valence-electron chi connectivity index (χ3n) is 1.98. The first kappa shape index (κ1) is 11.5. The number of hydrogen-bond donors (Lipinski definition) is 2. The Bertz CT molecular complexity index is 390. The molecule has 0 saturated heterocycles. The molecule has 0 aromatic heterocycles. The van der Waals surface area contributed by atoms with Crippen LogP contribution in [0.3, 0.4) is 0 Å². The molecule has 3 N–H and O–H groups in total. The second-order valence-electron chi connectivity index (χ2n) is 3.13. The summed E-state index contributed by atoms with van der Waals surface area (Å²) in [5.74, 6) is -2.32. The van der Waals surface area contributed by atoms with Gasteiger partial charge in [-0.2, -0.15) is 4.39 Å². The average Bonchev–Trinajstić information content (AvgIpc) is 2.21. The van der Waals surface area contributed by atoms with Crippen molar-refractivity contribution in [3.63, 3.8) is 0 Å². The van der Waals surface area contributed by atoms with Gasteiger partial charge in [0.25, 0.3) is 0 Å². The average molecular weight is 213 g/mol. The Morgan fingerprint density at radius 2 is 2.20 bits per heavy atom. The van der Waals surface area contributed by atoms with Crippen LogP contribution in [0.2, 0.25) is 0 Å². The Hall–Kier alpha value is -1.62. The van der Waals surface area contributed by atoms with E-state index >= 15 is 0 Å². The number of ether oxygens (including phenoxy) is 1. The molecule has 0 bridgehead atoms. The number of carbonyl (C=O) groups excluding carboxylic acids is 1. The highest BCUT2D eigenvalue weighted by molar-refractivity contribution is 6.02. The third kappa shape index (κ3) is 2.07. The van der Waals surface area contributed by atoms with Crippen molar-refractivity contribution in [2.75, 3.05) is 7.11 Å². The van der Waals surface area contributed by atoms with Crippen LogP contribution in [-0.4, -0.2) is 24.0 Å². The molecule has 1 atom stereocenters. The van der Waals surface area contributed by atoms with Crippen LogP contribution in [-0.2, 0) is 0 Å². The number of aromatic hydroxyl groups is 1. The minimum atomic E-state index is -0.955. The normalized spacial score (nSPS) is 12.3. The molecule has 4 nitrogen and oxygen atoms in total. The van der Waals surface area contributed by atoms with Gasteiger partial charge in [0.2, 0.25) is 5.82 Å². The number of carbonyl (C=O) groups is 1. The zero-order valence-electron chi connectivity index (χ0n) is 8.45. The molecule has 0 aliphatic heterocycles. The number of phenols is 1. The van der Waals surface area contributed by atoms with E-state index in [1.54, 1.807) is 0 Å². The predicted octanol–water partition coefficient (Wildman–Crippen LogP) is 1.07. The summed E-state index contributed by atoms with van der Waals surface area (Å²) in [7, 11) is 1.27. The summed E-state index contributed by atoms with van der Waals surface area (Å²) in [6.45, 7) is 1.46. The summed E-state index contributed by atoms with van der Waals surface area (Å²) in [5, 5.41) is 9.40. The minimum absolute atomic E-state index is 0.117. The van der Waals surface area contributed by atoms with Crippen LogP contribution >= 0.6 is 0 Å². The van der Waals surface area contributed by atoms with Crippen molar-refractivity contribution in [3.05, 3.63) is 23.5 Å². The molecule has 0 radical (unpaired) electrons. The summed E-state index contributed by atoms with van der Waals surface area (Å²) >= 11 is 0. The Balaban J connectivity index is 3.23. The van der Waals surface area contributed by atoms with Gasteiger partial charge in [0.15, 0.2) is 17.3 Å². The molecule has 0 spiro atoms. The number of nitrogens with two attached hydrogens (primary N) is 1. The first-order valence-electron chi connectivity index (χ1n) is 4.34. The Kier molecular flexibility index (Phi) is 3.26. The molecule has 82 valence electrons. The molecule has 1 aromatic carbocycles. The van der Waals surface area contributed by atoms with E-state index in [1.165, 1.54) is 26.2 Å². The number of hydrogen-bond acceptors (Lipinski definition) is 4. The van der Waals surface area contributed by atoms with Crippen LogP contribution in [0.15, 0.2) is 12.1 Å². The minimum Gasteiger partial charge on any atom is -0.504 e. The molecule has 15 heavy (non-hydrogen) atoms. The number of methoxy groups -OCH3 is 1. The van der Waals surface area contributed by atoms with E-state index in [0.29, 0.717) is 0 Å². The van der Waals surface area contributed by atoms with Crippen LogP contribution in [0.25, 0.3) is 0 Å². The molecule has 0 aliphatic carbocycles. The second kappa shape index (κ2) is 4.27. The van der Waals surface area contributed by atoms with E-state index in [1.807, 2.05) is 0 Å². The highest BCUT2D eigenvalue weighted by atomic mass is 19.1. The van der Waals surface area contributed by atoms with Crippen molar-refractivity contribution < 1.29 is 19.0 Å². The molecule has 0 saturated carbocycles. The zero-order valence-corrected chi connectivity index (χ0v) is 8.45. The number of rotatable bonds is 3. The number of Topliss-reactive ketones (excluding diaryl/α,β-unsaturated/α-hetero) is 1. The molecule has 0 heterocycles. The molecular formula is C10H12FNO3. The van der Waals surface area contributed by atoms with Gasteiger partial charge >= 0.3 is 0 Å². The van der Waals surface area contributed by atoms with Crippen LogP contribution in [0, 0.1) is 5.82 Å². The smallest absolute Gasteiger partial charge is 0.207 e. The van der Waals surface area contributed by atoms with E-state index in [2.05, 4.69) is 4.74 Å². The molecule has 0 amide bonds. The maximum absolute atomic E-state index is 13.3. The lowest BCUT2D eigenvalue weighted by molar-refractivity contribution is 0.0964. The van der Waals surface area contributed by atoms with Gasteiger partial charge in [-0.3, -0.25) is 4.79 Å². The third-order valence-corrected chi connectivity index (χ3v) is 1.98. The van der Waals surface area contributed by atoms with Crippen molar-refractivity contribution in [1.82, 2.24) is 0 Å². The lowest BCUT2D eigenvalue weighted by Crippen LogP contribution is -2.26. The number of benzene rings is 1. The summed E-state index contributed by atoms with van der Waals surface area (Å²) in [6, 6.07) is 1.76. The van der Waals surface area contributed by atoms with Crippen molar-refractivity contribution in [2.24, 2.45) is 5.73 Å². The fourth-order valence-corrected chi connectivity index (χ4v) is 1.15. The molecule has 1 unspecified atom stereocenters. The van der Waals surface area contributed by atoms with Crippen molar-refractivity contribution >= 4 is 5.78 Å². The summed E-state index contributed by atoms with van der Waals surface area (Å²) in [5.41, 5.74) is 5.21.